The third kappa shape index (κ3) is 2.57. The summed E-state index contributed by atoms with van der Waals surface area (Å²) in [5, 5.41) is 7.32. The third-order valence-electron chi connectivity index (χ3n) is 2.16. The molecule has 1 N–H and O–H groups in total. The maximum Gasteiger partial charge on any atom is 0.142 e. The predicted octanol–water partition coefficient (Wildman–Crippen LogP) is 3.37. The van der Waals surface area contributed by atoms with E-state index in [4.69, 9.17) is 23.2 Å². The zero-order chi connectivity index (χ0) is 12.4. The molecule has 17 heavy (non-hydrogen) atoms. The van der Waals surface area contributed by atoms with Crippen LogP contribution in [0.5, 0.6) is 0 Å². The van der Waals surface area contributed by atoms with E-state index in [-0.39, 0.29) is 5.02 Å². The van der Waals surface area contributed by atoms with Gasteiger partial charge in [0, 0.05) is 12.1 Å². The van der Waals surface area contributed by atoms with Crippen molar-refractivity contribution in [2.24, 2.45) is 0 Å². The molecule has 1 heterocycles. The fourth-order valence-electron chi connectivity index (χ4n) is 1.39. The Morgan fingerprint density at radius 3 is 2.82 bits per heavy atom. The van der Waals surface area contributed by atoms with E-state index in [0.29, 0.717) is 22.8 Å². The smallest absolute Gasteiger partial charge is 0.142 e. The van der Waals surface area contributed by atoms with Crippen LogP contribution >= 0.6 is 34.7 Å². The lowest BCUT2D eigenvalue weighted by Crippen LogP contribution is -2.04. The van der Waals surface area contributed by atoms with Gasteiger partial charge in [-0.1, -0.05) is 27.7 Å². The van der Waals surface area contributed by atoms with Gasteiger partial charge < -0.3 is 5.32 Å². The van der Waals surface area contributed by atoms with Gasteiger partial charge in [-0.25, -0.2) is 4.39 Å². The van der Waals surface area contributed by atoms with E-state index in [2.05, 4.69) is 14.9 Å². The highest BCUT2D eigenvalue weighted by atomic mass is 35.5. The Kier molecular flexibility index (Phi) is 3.93. The number of rotatable bonds is 3. The SMILES string of the molecule is CNCc1snnc1-c1cc(F)c(Cl)cc1Cl. The summed E-state index contributed by atoms with van der Waals surface area (Å²) in [4.78, 5) is 0.899. The largest absolute Gasteiger partial charge is 0.315 e. The van der Waals surface area contributed by atoms with Crippen molar-refractivity contribution in [2.45, 2.75) is 6.54 Å². The van der Waals surface area contributed by atoms with Crippen molar-refractivity contribution in [3.63, 3.8) is 0 Å². The Balaban J connectivity index is 2.52. The lowest BCUT2D eigenvalue weighted by molar-refractivity contribution is 0.628. The van der Waals surface area contributed by atoms with Gasteiger partial charge in [-0.15, -0.1) is 5.10 Å². The first-order chi connectivity index (χ1) is 8.13. The number of nitrogens with one attached hydrogen (secondary N) is 1. The maximum atomic E-state index is 13.4. The molecule has 1 aromatic carbocycles. The first kappa shape index (κ1) is 12.7. The minimum atomic E-state index is -0.519. The van der Waals surface area contributed by atoms with Gasteiger partial charge in [0.1, 0.15) is 11.5 Å². The summed E-state index contributed by atoms with van der Waals surface area (Å²) in [6, 6.07) is 2.65. The van der Waals surface area contributed by atoms with Crippen LogP contribution in [0, 0.1) is 5.82 Å². The van der Waals surface area contributed by atoms with Gasteiger partial charge in [0.05, 0.1) is 14.9 Å². The van der Waals surface area contributed by atoms with Crippen molar-refractivity contribution in [3.05, 3.63) is 32.9 Å². The van der Waals surface area contributed by atoms with E-state index in [1.165, 1.54) is 23.7 Å². The highest BCUT2D eigenvalue weighted by Crippen LogP contribution is 2.33. The van der Waals surface area contributed by atoms with Crippen molar-refractivity contribution >= 4 is 34.7 Å². The minimum absolute atomic E-state index is 0.00268. The molecule has 0 saturated heterocycles. The van der Waals surface area contributed by atoms with Crippen LogP contribution < -0.4 is 5.32 Å². The molecule has 7 heteroatoms. The van der Waals surface area contributed by atoms with Crippen LogP contribution in [0.25, 0.3) is 11.3 Å². The van der Waals surface area contributed by atoms with E-state index in [9.17, 15) is 4.39 Å². The van der Waals surface area contributed by atoms with Gasteiger partial charge in [0.2, 0.25) is 0 Å². The van der Waals surface area contributed by atoms with E-state index >= 15 is 0 Å². The summed E-state index contributed by atoms with van der Waals surface area (Å²) < 4.78 is 17.3. The Hall–Kier alpha value is -0.750. The second-order valence-corrected chi connectivity index (χ2v) is 4.97. The zero-order valence-corrected chi connectivity index (χ0v) is 11.1. The fourth-order valence-corrected chi connectivity index (χ4v) is 2.53. The van der Waals surface area contributed by atoms with Crippen molar-refractivity contribution in [3.8, 4) is 11.3 Å². The summed E-state index contributed by atoms with van der Waals surface area (Å²) in [6.07, 6.45) is 0. The topological polar surface area (TPSA) is 37.8 Å². The first-order valence-electron chi connectivity index (χ1n) is 4.74. The average Bonchev–Trinajstić information content (AvgIpc) is 2.72. The Morgan fingerprint density at radius 2 is 2.12 bits per heavy atom. The number of nitrogens with zero attached hydrogens (tertiary/aromatic N) is 2. The highest BCUT2D eigenvalue weighted by Gasteiger charge is 2.15. The molecule has 3 nitrogen and oxygen atoms in total. The van der Waals surface area contributed by atoms with Crippen molar-refractivity contribution in [1.29, 1.82) is 0 Å². The molecule has 2 rings (SSSR count). The van der Waals surface area contributed by atoms with Crippen LogP contribution in [0.15, 0.2) is 12.1 Å². The Labute approximate surface area is 112 Å². The predicted molar refractivity (Wildman–Crippen MR) is 68.1 cm³/mol. The lowest BCUT2D eigenvalue weighted by atomic mass is 10.1. The molecule has 0 bridgehead atoms. The molecular formula is C10H8Cl2FN3S. The van der Waals surface area contributed by atoms with E-state index < -0.39 is 5.82 Å². The van der Waals surface area contributed by atoms with Gasteiger partial charge in [0.25, 0.3) is 0 Å². The van der Waals surface area contributed by atoms with E-state index in [1.54, 1.807) is 0 Å². The molecule has 0 aliphatic carbocycles. The second kappa shape index (κ2) is 5.27. The van der Waals surface area contributed by atoms with Gasteiger partial charge in [-0.3, -0.25) is 0 Å². The minimum Gasteiger partial charge on any atom is -0.315 e. The molecule has 2 aromatic rings. The van der Waals surface area contributed by atoms with Crippen LogP contribution in [0.1, 0.15) is 4.88 Å². The van der Waals surface area contributed by atoms with Gasteiger partial charge in [0.15, 0.2) is 0 Å². The van der Waals surface area contributed by atoms with E-state index in [0.717, 1.165) is 4.88 Å². The van der Waals surface area contributed by atoms with Crippen molar-refractivity contribution in [2.75, 3.05) is 7.05 Å². The molecular weight excluding hydrogens is 284 g/mol. The molecule has 0 fully saturated rings. The summed E-state index contributed by atoms with van der Waals surface area (Å²) in [6.45, 7) is 0.605. The van der Waals surface area contributed by atoms with Gasteiger partial charge in [-0.05, 0) is 30.7 Å². The first-order valence-corrected chi connectivity index (χ1v) is 6.27. The average molecular weight is 292 g/mol. The Bertz CT molecular complexity index is 544. The van der Waals surface area contributed by atoms with Crippen LogP contribution in [0.3, 0.4) is 0 Å². The molecule has 0 saturated carbocycles. The van der Waals surface area contributed by atoms with Gasteiger partial charge in [-0.2, -0.15) is 0 Å². The summed E-state index contributed by atoms with van der Waals surface area (Å²) in [5.74, 6) is -0.519. The van der Waals surface area contributed by atoms with Crippen LogP contribution in [-0.4, -0.2) is 16.6 Å². The molecule has 90 valence electrons. The monoisotopic (exact) mass is 291 g/mol. The molecule has 0 unspecified atom stereocenters. The zero-order valence-electron chi connectivity index (χ0n) is 8.80. The molecule has 0 aliphatic heterocycles. The lowest BCUT2D eigenvalue weighted by Gasteiger charge is -2.04. The molecule has 0 radical (unpaired) electrons. The maximum absolute atomic E-state index is 13.4. The second-order valence-electron chi connectivity index (χ2n) is 3.32. The van der Waals surface area contributed by atoms with Crippen LogP contribution in [0.2, 0.25) is 10.0 Å². The van der Waals surface area contributed by atoms with Gasteiger partial charge >= 0.3 is 0 Å². The fraction of sp³-hybridized carbons (Fsp3) is 0.200. The molecule has 0 atom stereocenters. The molecule has 0 amide bonds. The standard InChI is InChI=1S/C10H8Cl2FN3S/c1-14-4-9-10(15-16-17-9)5-2-8(13)7(12)3-6(5)11/h2-3,14H,4H2,1H3. The van der Waals surface area contributed by atoms with Crippen LogP contribution in [-0.2, 0) is 6.54 Å². The number of halogens is 3. The number of hydrogen-bond acceptors (Lipinski definition) is 4. The summed E-state index contributed by atoms with van der Waals surface area (Å²) in [7, 11) is 1.81. The van der Waals surface area contributed by atoms with Crippen LogP contribution in [0.4, 0.5) is 4.39 Å². The number of hydrogen-bond donors (Lipinski definition) is 1. The summed E-state index contributed by atoms with van der Waals surface area (Å²) >= 11 is 12.9. The normalized spacial score (nSPS) is 10.8. The quantitative estimate of drug-likeness (QED) is 0.881. The highest BCUT2D eigenvalue weighted by molar-refractivity contribution is 7.06. The number of benzene rings is 1. The van der Waals surface area contributed by atoms with E-state index in [1.807, 2.05) is 7.05 Å². The molecule has 0 aliphatic rings. The Morgan fingerprint density at radius 1 is 1.35 bits per heavy atom. The third-order valence-corrected chi connectivity index (χ3v) is 3.48. The summed E-state index contributed by atoms with van der Waals surface area (Å²) in [5.41, 5.74) is 1.09. The van der Waals surface area contributed by atoms with Crippen molar-refractivity contribution < 1.29 is 4.39 Å². The molecule has 0 spiro atoms. The number of aromatic nitrogens is 2. The molecule has 1 aromatic heterocycles. The van der Waals surface area contributed by atoms with Crippen molar-refractivity contribution in [1.82, 2.24) is 14.9 Å².